The van der Waals surface area contributed by atoms with Crippen LogP contribution < -0.4 is 15.4 Å². The molecule has 1 aliphatic carbocycles. The molecule has 1 aliphatic rings. The van der Waals surface area contributed by atoms with Crippen molar-refractivity contribution in [3.05, 3.63) is 24.0 Å². The van der Waals surface area contributed by atoms with Crippen molar-refractivity contribution in [2.75, 3.05) is 19.0 Å². The Labute approximate surface area is 118 Å². The van der Waals surface area contributed by atoms with Crippen LogP contribution in [0.25, 0.3) is 0 Å². The van der Waals surface area contributed by atoms with Gasteiger partial charge in [0, 0.05) is 12.6 Å². The first-order chi connectivity index (χ1) is 9.78. The van der Waals surface area contributed by atoms with Crippen molar-refractivity contribution >= 4 is 11.8 Å². The van der Waals surface area contributed by atoms with Gasteiger partial charge >= 0.3 is 6.03 Å². The maximum absolute atomic E-state index is 11.7. The third-order valence-electron chi connectivity index (χ3n) is 3.21. The second kappa shape index (κ2) is 7.47. The minimum absolute atomic E-state index is 0.262. The Hall–Kier alpha value is -2.11. The first kappa shape index (κ1) is 14.3. The van der Waals surface area contributed by atoms with Crippen molar-refractivity contribution in [2.24, 2.45) is 0 Å². The predicted octanol–water partition coefficient (Wildman–Crippen LogP) is 2.50. The third kappa shape index (κ3) is 4.53. The molecule has 0 saturated heterocycles. The van der Waals surface area contributed by atoms with E-state index >= 15 is 0 Å². The van der Waals surface area contributed by atoms with Crippen molar-refractivity contribution in [3.8, 4) is 5.88 Å². The van der Waals surface area contributed by atoms with Gasteiger partial charge in [-0.1, -0.05) is 11.6 Å². The molecule has 6 heteroatoms. The zero-order chi connectivity index (χ0) is 14.2. The zero-order valence-electron chi connectivity index (χ0n) is 11.7. The van der Waals surface area contributed by atoms with Gasteiger partial charge in [-0.3, -0.25) is 5.32 Å². The van der Waals surface area contributed by atoms with E-state index in [0.29, 0.717) is 18.2 Å². The van der Waals surface area contributed by atoms with E-state index in [0.717, 1.165) is 12.8 Å². The Morgan fingerprint density at radius 3 is 3.05 bits per heavy atom. The fraction of sp³-hybridized carbons (Fsp3) is 0.500. The molecule has 0 aliphatic heterocycles. The summed E-state index contributed by atoms with van der Waals surface area (Å²) in [5.74, 6) is 0.842. The smallest absolute Gasteiger partial charge is 0.320 e. The zero-order valence-corrected chi connectivity index (χ0v) is 11.7. The second-order valence-electron chi connectivity index (χ2n) is 4.68. The summed E-state index contributed by atoms with van der Waals surface area (Å²) >= 11 is 0. The summed E-state index contributed by atoms with van der Waals surface area (Å²) in [4.78, 5) is 19.5. The van der Waals surface area contributed by atoms with Crippen LogP contribution in [0.5, 0.6) is 5.88 Å². The molecule has 0 bridgehead atoms. The van der Waals surface area contributed by atoms with E-state index in [4.69, 9.17) is 4.74 Å². The van der Waals surface area contributed by atoms with Gasteiger partial charge in [-0.05, 0) is 32.1 Å². The van der Waals surface area contributed by atoms with Crippen molar-refractivity contribution in [1.29, 1.82) is 0 Å². The van der Waals surface area contributed by atoms with Crippen molar-refractivity contribution in [1.82, 2.24) is 15.3 Å². The molecule has 20 heavy (non-hydrogen) atoms. The van der Waals surface area contributed by atoms with Crippen molar-refractivity contribution < 1.29 is 9.53 Å². The van der Waals surface area contributed by atoms with Gasteiger partial charge in [-0.2, -0.15) is 0 Å². The molecule has 0 spiro atoms. The first-order valence-corrected chi connectivity index (χ1v) is 6.87. The quantitative estimate of drug-likeness (QED) is 0.810. The molecule has 0 fully saturated rings. The number of methoxy groups -OCH3 is 1. The minimum atomic E-state index is -0.262. The van der Waals surface area contributed by atoms with Crippen LogP contribution in [0, 0.1) is 0 Å². The van der Waals surface area contributed by atoms with Gasteiger partial charge in [0.2, 0.25) is 5.88 Å². The molecule has 1 heterocycles. The summed E-state index contributed by atoms with van der Waals surface area (Å²) in [7, 11) is 1.52. The van der Waals surface area contributed by atoms with Crippen LogP contribution in [-0.2, 0) is 0 Å². The number of urea groups is 1. The van der Waals surface area contributed by atoms with Crippen molar-refractivity contribution in [3.63, 3.8) is 0 Å². The lowest BCUT2D eigenvalue weighted by atomic mass is 9.97. The Balaban J connectivity index is 1.73. The lowest BCUT2D eigenvalue weighted by molar-refractivity contribution is 0.252. The molecule has 0 radical (unpaired) electrons. The Bertz CT molecular complexity index is 488. The topological polar surface area (TPSA) is 76.1 Å². The van der Waals surface area contributed by atoms with E-state index in [2.05, 4.69) is 26.7 Å². The summed E-state index contributed by atoms with van der Waals surface area (Å²) in [6.07, 6.45) is 9.43. The van der Waals surface area contributed by atoms with Crippen LogP contribution in [0.15, 0.2) is 24.0 Å². The number of aromatic nitrogens is 2. The third-order valence-corrected chi connectivity index (χ3v) is 3.21. The second-order valence-corrected chi connectivity index (χ2v) is 4.68. The largest absolute Gasteiger partial charge is 0.481 e. The van der Waals surface area contributed by atoms with Crippen LogP contribution >= 0.6 is 0 Å². The molecular weight excluding hydrogens is 256 g/mol. The number of nitrogens with zero attached hydrogens (tertiary/aromatic N) is 2. The van der Waals surface area contributed by atoms with E-state index in [1.807, 2.05) is 0 Å². The average molecular weight is 276 g/mol. The number of nitrogens with one attached hydrogen (secondary N) is 2. The molecule has 1 aromatic rings. The molecule has 2 rings (SSSR count). The molecule has 6 nitrogen and oxygen atoms in total. The van der Waals surface area contributed by atoms with E-state index in [1.165, 1.54) is 38.3 Å². The Morgan fingerprint density at radius 1 is 1.40 bits per heavy atom. The van der Waals surface area contributed by atoms with Crippen LogP contribution in [0.4, 0.5) is 10.6 Å². The number of hydrogen-bond donors (Lipinski definition) is 2. The van der Waals surface area contributed by atoms with E-state index in [1.54, 1.807) is 6.07 Å². The summed E-state index contributed by atoms with van der Waals surface area (Å²) < 4.78 is 4.97. The molecule has 2 amide bonds. The number of allylic oxidation sites excluding steroid dienone is 1. The number of carbonyl (C=O) groups is 1. The fourth-order valence-electron chi connectivity index (χ4n) is 2.15. The van der Waals surface area contributed by atoms with Crippen LogP contribution in [0.2, 0.25) is 0 Å². The van der Waals surface area contributed by atoms with Gasteiger partial charge in [0.05, 0.1) is 7.11 Å². The molecule has 1 aromatic heterocycles. The maximum Gasteiger partial charge on any atom is 0.320 e. The van der Waals surface area contributed by atoms with Crippen LogP contribution in [0.1, 0.15) is 32.1 Å². The lowest BCUT2D eigenvalue weighted by Crippen LogP contribution is -2.30. The standard InChI is InChI=1S/C14H20N4O2/c1-20-13-9-12(16-10-17-13)18-14(19)15-8-7-11-5-3-2-4-6-11/h5,9-10H,2-4,6-8H2,1H3,(H2,15,16,17,18,19). The molecule has 0 aromatic carbocycles. The first-order valence-electron chi connectivity index (χ1n) is 6.87. The van der Waals surface area contributed by atoms with Gasteiger partial charge in [-0.15, -0.1) is 0 Å². The number of ether oxygens (including phenoxy) is 1. The highest BCUT2D eigenvalue weighted by Crippen LogP contribution is 2.19. The molecule has 0 saturated carbocycles. The number of anilines is 1. The number of amides is 2. The Kier molecular flexibility index (Phi) is 5.34. The summed E-state index contributed by atoms with van der Waals surface area (Å²) in [5.41, 5.74) is 1.44. The van der Waals surface area contributed by atoms with Gasteiger partial charge in [0.15, 0.2) is 0 Å². The van der Waals surface area contributed by atoms with Gasteiger partial charge < -0.3 is 10.1 Å². The summed E-state index contributed by atoms with van der Waals surface area (Å²) in [6.45, 7) is 0.639. The normalized spacial score (nSPS) is 14.3. The number of hydrogen-bond acceptors (Lipinski definition) is 4. The average Bonchev–Trinajstić information content (AvgIpc) is 2.48. The molecule has 0 atom stereocenters. The van der Waals surface area contributed by atoms with E-state index in [9.17, 15) is 4.79 Å². The predicted molar refractivity (Wildman–Crippen MR) is 76.8 cm³/mol. The highest BCUT2D eigenvalue weighted by Gasteiger charge is 2.06. The summed E-state index contributed by atoms with van der Waals surface area (Å²) in [6, 6.07) is 1.31. The maximum atomic E-state index is 11.7. The monoisotopic (exact) mass is 276 g/mol. The minimum Gasteiger partial charge on any atom is -0.481 e. The van der Waals surface area contributed by atoms with Gasteiger partial charge in [-0.25, -0.2) is 14.8 Å². The highest BCUT2D eigenvalue weighted by molar-refractivity contribution is 5.88. The lowest BCUT2D eigenvalue weighted by Gasteiger charge is -2.13. The fourth-order valence-corrected chi connectivity index (χ4v) is 2.15. The number of rotatable bonds is 5. The SMILES string of the molecule is COc1cc(NC(=O)NCCC2=CCCCC2)ncn1. The molecule has 108 valence electrons. The highest BCUT2D eigenvalue weighted by atomic mass is 16.5. The molecule has 2 N–H and O–H groups in total. The number of carbonyl (C=O) groups excluding carboxylic acids is 1. The van der Waals surface area contributed by atoms with Crippen LogP contribution in [-0.4, -0.2) is 29.7 Å². The van der Waals surface area contributed by atoms with Gasteiger partial charge in [0.25, 0.3) is 0 Å². The van der Waals surface area contributed by atoms with Crippen LogP contribution in [0.3, 0.4) is 0 Å². The molecule has 0 unspecified atom stereocenters. The van der Waals surface area contributed by atoms with E-state index in [-0.39, 0.29) is 6.03 Å². The van der Waals surface area contributed by atoms with E-state index < -0.39 is 0 Å². The van der Waals surface area contributed by atoms with Gasteiger partial charge in [0.1, 0.15) is 12.1 Å². The van der Waals surface area contributed by atoms with Crippen molar-refractivity contribution in [2.45, 2.75) is 32.1 Å². The summed E-state index contributed by atoms with van der Waals surface area (Å²) in [5, 5.41) is 5.48. The Morgan fingerprint density at radius 2 is 2.30 bits per heavy atom. The molecular formula is C14H20N4O2.